The summed E-state index contributed by atoms with van der Waals surface area (Å²) in [7, 11) is 0. The number of hydrogen-bond acceptors (Lipinski definition) is 6. The van der Waals surface area contributed by atoms with E-state index in [4.69, 9.17) is 9.97 Å². The van der Waals surface area contributed by atoms with Crippen LogP contribution in [0.4, 0.5) is 0 Å². The minimum absolute atomic E-state index is 0.0692. The lowest BCUT2D eigenvalue weighted by Crippen LogP contribution is -2.28. The van der Waals surface area contributed by atoms with Gasteiger partial charge in [0, 0.05) is 93.8 Å². The van der Waals surface area contributed by atoms with Gasteiger partial charge in [0.05, 0.1) is 22.8 Å². The second kappa shape index (κ2) is 21.8. The minimum atomic E-state index is 0.0692. The summed E-state index contributed by atoms with van der Waals surface area (Å²) >= 11 is 0. The fraction of sp³-hybridized carbons (Fsp3) is 0.154. The molecule has 6 heterocycles. The Morgan fingerprint density at radius 3 is 1.07 bits per heavy atom. The molecule has 0 unspecified atom stereocenters. The number of nitrogens with zero attached hydrogens (tertiary/aromatic N) is 6. The van der Waals surface area contributed by atoms with Crippen molar-refractivity contribution in [1.29, 1.82) is 0 Å². The molecule has 4 aliphatic carbocycles. The Morgan fingerprint density at radius 2 is 0.595 bits per heavy atom. The molecule has 0 saturated heterocycles. The third kappa shape index (κ3) is 9.05. The molecule has 6 aromatic carbocycles. The Labute approximate surface area is 492 Å². The number of rotatable bonds is 8. The predicted octanol–water partition coefficient (Wildman–Crippen LogP) is 19.5. The van der Waals surface area contributed by atoms with Crippen LogP contribution in [-0.2, 0) is 10.8 Å². The molecule has 6 heteroatoms. The largest absolute Gasteiger partial charge is 0.264 e. The van der Waals surface area contributed by atoms with Crippen LogP contribution in [0.2, 0.25) is 0 Å². The lowest BCUT2D eigenvalue weighted by Gasteiger charge is -2.37. The number of pyridine rings is 6. The van der Waals surface area contributed by atoms with Crippen molar-refractivity contribution in [2.24, 2.45) is 0 Å². The van der Waals surface area contributed by atoms with E-state index >= 15 is 0 Å². The summed E-state index contributed by atoms with van der Waals surface area (Å²) in [6.45, 7) is 0. The Morgan fingerprint density at radius 1 is 0.238 bits per heavy atom. The Hall–Kier alpha value is -9.78. The Bertz CT molecular complexity index is 4240. The van der Waals surface area contributed by atoms with Crippen LogP contribution in [-0.4, -0.2) is 29.9 Å². The quantitative estimate of drug-likeness (QED) is 0.151. The Balaban J connectivity index is 0.000000143. The summed E-state index contributed by atoms with van der Waals surface area (Å²) in [5, 5.41) is 0. The van der Waals surface area contributed by atoms with Crippen LogP contribution < -0.4 is 0 Å². The van der Waals surface area contributed by atoms with E-state index in [1.165, 1.54) is 131 Å². The van der Waals surface area contributed by atoms with Crippen molar-refractivity contribution >= 4 is 0 Å². The molecule has 0 atom stereocenters. The van der Waals surface area contributed by atoms with Gasteiger partial charge in [-0.15, -0.1) is 0 Å². The molecule has 0 aliphatic heterocycles. The number of hydrogen-bond donors (Lipinski definition) is 0. The van der Waals surface area contributed by atoms with Gasteiger partial charge in [-0.2, -0.15) is 0 Å². The summed E-state index contributed by atoms with van der Waals surface area (Å²) in [4.78, 5) is 27.8. The average Bonchev–Trinajstić information content (AvgIpc) is 1.70. The van der Waals surface area contributed by atoms with Crippen LogP contribution in [0.3, 0.4) is 0 Å². The van der Waals surface area contributed by atoms with Crippen LogP contribution in [0.15, 0.2) is 256 Å². The normalized spacial score (nSPS) is 14.9. The highest BCUT2D eigenvalue weighted by atomic mass is 14.7. The average molecular weight is 1080 g/mol. The molecule has 16 rings (SSSR count). The number of benzene rings is 6. The van der Waals surface area contributed by atoms with Gasteiger partial charge in [-0.25, -0.2) is 9.97 Å². The minimum Gasteiger partial charge on any atom is -0.264 e. The number of fused-ring (bicyclic) bond motifs is 10. The van der Waals surface area contributed by atoms with Crippen molar-refractivity contribution in [2.45, 2.75) is 75.0 Å². The van der Waals surface area contributed by atoms with Gasteiger partial charge in [0.15, 0.2) is 0 Å². The lowest BCUT2D eigenvalue weighted by molar-refractivity contribution is 0.353. The molecular weight excluding hydrogens is 1020 g/mol. The van der Waals surface area contributed by atoms with E-state index in [9.17, 15) is 0 Å². The van der Waals surface area contributed by atoms with E-state index in [1.807, 2.05) is 61.4 Å². The molecule has 0 radical (unpaired) electrons. The molecular formula is C78H62N6. The van der Waals surface area contributed by atoms with Gasteiger partial charge in [0.1, 0.15) is 0 Å². The van der Waals surface area contributed by atoms with E-state index in [2.05, 4.69) is 202 Å². The van der Waals surface area contributed by atoms with Crippen molar-refractivity contribution in [2.75, 3.05) is 0 Å². The zero-order valence-electron chi connectivity index (χ0n) is 47.0. The fourth-order valence-corrected chi connectivity index (χ4v) is 14.8. The van der Waals surface area contributed by atoms with Crippen molar-refractivity contribution in [1.82, 2.24) is 29.9 Å². The second-order valence-corrected chi connectivity index (χ2v) is 23.2. The molecule has 6 aromatic heterocycles. The second-order valence-electron chi connectivity index (χ2n) is 23.2. The van der Waals surface area contributed by atoms with Gasteiger partial charge < -0.3 is 0 Å². The van der Waals surface area contributed by atoms with Crippen LogP contribution in [0, 0.1) is 0 Å². The predicted molar refractivity (Wildman–Crippen MR) is 342 cm³/mol. The van der Waals surface area contributed by atoms with E-state index < -0.39 is 0 Å². The van der Waals surface area contributed by atoms with E-state index in [-0.39, 0.29) is 10.8 Å². The molecule has 0 bridgehead atoms. The molecule has 404 valence electrons. The third-order valence-electron chi connectivity index (χ3n) is 18.5. The third-order valence-corrected chi connectivity index (χ3v) is 18.5. The van der Waals surface area contributed by atoms with E-state index in [0.29, 0.717) is 0 Å². The maximum absolute atomic E-state index is 5.26. The zero-order valence-corrected chi connectivity index (χ0v) is 47.0. The van der Waals surface area contributed by atoms with Crippen LogP contribution in [0.25, 0.3) is 112 Å². The molecule has 0 N–H and O–H groups in total. The topological polar surface area (TPSA) is 77.3 Å². The summed E-state index contributed by atoms with van der Waals surface area (Å²) in [6.07, 6.45) is 27.5. The molecule has 4 aliphatic rings. The standard InChI is InChI=1S/2C39H31N3/c1-6-19-39(20-7-1)35-18-5-4-14-31(35)34-17-8-16-33(38(34)39)30-13-2-3-15-32(30)37-24-29(27-11-9-21-40-25-27)23-36(42-37)28-12-10-22-41-26-28;1-4-19-39(20-5-1)35-14-3-2-11-33(35)34-13-6-12-32(38(34)39)27-15-17-28(18-16-27)36-23-31(29-9-7-21-40-25-29)24-37(42-36)30-10-8-22-41-26-30/h2-5,8-18,21-26H,1,6-7,19-20H2;2-3,6-18,21-26H,1,4-5,19-20H2. The fourth-order valence-electron chi connectivity index (χ4n) is 14.8. The highest BCUT2D eigenvalue weighted by Crippen LogP contribution is 2.60. The monoisotopic (exact) mass is 1080 g/mol. The maximum Gasteiger partial charge on any atom is 0.0731 e. The van der Waals surface area contributed by atoms with Crippen molar-refractivity contribution < 1.29 is 0 Å². The van der Waals surface area contributed by atoms with E-state index in [0.717, 1.165) is 67.3 Å². The molecule has 2 fully saturated rings. The summed E-state index contributed by atoms with van der Waals surface area (Å²) < 4.78 is 0. The molecule has 2 saturated carbocycles. The van der Waals surface area contributed by atoms with Crippen molar-refractivity contribution in [3.05, 3.63) is 278 Å². The molecule has 12 aromatic rings. The summed E-state index contributed by atoms with van der Waals surface area (Å²) in [5.41, 5.74) is 29.4. The first-order valence-corrected chi connectivity index (χ1v) is 30.0. The van der Waals surface area contributed by atoms with Gasteiger partial charge >= 0.3 is 0 Å². The highest BCUT2D eigenvalue weighted by Gasteiger charge is 2.46. The molecule has 84 heavy (non-hydrogen) atoms. The van der Waals surface area contributed by atoms with Crippen LogP contribution in [0.1, 0.15) is 86.5 Å². The molecule has 0 amide bonds. The smallest absolute Gasteiger partial charge is 0.0731 e. The maximum atomic E-state index is 5.26. The van der Waals surface area contributed by atoms with Crippen molar-refractivity contribution in [3.8, 4) is 112 Å². The van der Waals surface area contributed by atoms with Crippen molar-refractivity contribution in [3.63, 3.8) is 0 Å². The van der Waals surface area contributed by atoms with Gasteiger partial charge in [-0.1, -0.05) is 184 Å². The summed E-state index contributed by atoms with van der Waals surface area (Å²) in [5.74, 6) is 0. The van der Waals surface area contributed by atoms with Crippen LogP contribution >= 0.6 is 0 Å². The Kier molecular flexibility index (Phi) is 13.3. The van der Waals surface area contributed by atoms with Gasteiger partial charge in [0.25, 0.3) is 0 Å². The van der Waals surface area contributed by atoms with Crippen LogP contribution in [0.5, 0.6) is 0 Å². The first-order chi connectivity index (χ1) is 41.6. The highest BCUT2D eigenvalue weighted by molar-refractivity contribution is 5.94. The molecule has 2 spiro atoms. The van der Waals surface area contributed by atoms with E-state index in [1.54, 1.807) is 12.4 Å². The SMILES string of the molecule is c1cncc(-c2cc(-c3ccc(-c4cccc5c4C4(CCCCC4)c4ccccc4-5)cc3)nc(-c3cccnc3)c2)c1.c1cncc(-c2cc(-c3cccnc3)nc(-c3ccccc3-c3cccc4c3C3(CCCCC3)c3ccccc3-4)c2)c1. The molecule has 6 nitrogen and oxygen atoms in total. The van der Waals surface area contributed by atoms with Gasteiger partial charge in [-0.05, 0) is 164 Å². The van der Waals surface area contributed by atoms with Gasteiger partial charge in [0.2, 0.25) is 0 Å². The first-order valence-electron chi connectivity index (χ1n) is 30.0. The number of aromatic nitrogens is 6. The first kappa shape index (κ1) is 51.1. The lowest BCUT2D eigenvalue weighted by atomic mass is 9.66. The van der Waals surface area contributed by atoms with Gasteiger partial charge in [-0.3, -0.25) is 19.9 Å². The zero-order chi connectivity index (χ0) is 55.9. The summed E-state index contributed by atoms with van der Waals surface area (Å²) in [6, 6.07) is 74.8.